The Hall–Kier alpha value is -3.54. The summed E-state index contributed by atoms with van der Waals surface area (Å²) in [7, 11) is 5.08. The van der Waals surface area contributed by atoms with E-state index < -0.39 is 0 Å². The zero-order valence-electron chi connectivity index (χ0n) is 19.4. The van der Waals surface area contributed by atoms with E-state index in [0.29, 0.717) is 25.2 Å². The Bertz CT molecular complexity index is 1160. The van der Waals surface area contributed by atoms with Crippen molar-refractivity contribution in [2.24, 2.45) is 5.92 Å². The molecule has 1 unspecified atom stereocenters. The molecule has 6 nitrogen and oxygen atoms in total. The van der Waals surface area contributed by atoms with Crippen LogP contribution in [0.4, 0.5) is 0 Å². The zero-order valence-corrected chi connectivity index (χ0v) is 19.4. The summed E-state index contributed by atoms with van der Waals surface area (Å²) in [5.41, 5.74) is 1.60. The van der Waals surface area contributed by atoms with Crippen molar-refractivity contribution in [2.45, 2.75) is 19.4 Å². The van der Waals surface area contributed by atoms with Crippen molar-refractivity contribution < 1.29 is 19.1 Å². The Morgan fingerprint density at radius 1 is 0.939 bits per heavy atom. The van der Waals surface area contributed by atoms with Crippen molar-refractivity contribution in [1.29, 1.82) is 0 Å². The van der Waals surface area contributed by atoms with Crippen LogP contribution in [0.25, 0.3) is 10.8 Å². The number of ether oxygens (including phenoxy) is 2. The molecule has 1 atom stereocenters. The summed E-state index contributed by atoms with van der Waals surface area (Å²) >= 11 is 0. The molecule has 4 rings (SSSR count). The number of carbonyl (C=O) groups excluding carboxylic acids is 2. The topological polar surface area (TPSA) is 59.1 Å². The summed E-state index contributed by atoms with van der Waals surface area (Å²) in [6.07, 6.45) is 1.58. The second-order valence-corrected chi connectivity index (χ2v) is 8.46. The van der Waals surface area contributed by atoms with Gasteiger partial charge in [0, 0.05) is 43.2 Å². The third-order valence-electron chi connectivity index (χ3n) is 6.37. The van der Waals surface area contributed by atoms with Crippen LogP contribution >= 0.6 is 0 Å². The lowest BCUT2D eigenvalue weighted by Crippen LogP contribution is -2.45. The van der Waals surface area contributed by atoms with Gasteiger partial charge in [-0.2, -0.15) is 0 Å². The summed E-state index contributed by atoms with van der Waals surface area (Å²) in [4.78, 5) is 30.3. The van der Waals surface area contributed by atoms with Crippen LogP contribution in [-0.4, -0.2) is 56.0 Å². The molecule has 172 valence electrons. The molecule has 3 aromatic rings. The van der Waals surface area contributed by atoms with Crippen molar-refractivity contribution in [1.82, 2.24) is 9.80 Å². The second-order valence-electron chi connectivity index (χ2n) is 8.46. The maximum atomic E-state index is 13.5. The predicted molar refractivity (Wildman–Crippen MR) is 129 cm³/mol. The maximum Gasteiger partial charge on any atom is 0.254 e. The second kappa shape index (κ2) is 9.94. The average molecular weight is 447 g/mol. The highest BCUT2D eigenvalue weighted by Crippen LogP contribution is 2.30. The number of carbonyl (C=O) groups is 2. The number of rotatable bonds is 6. The van der Waals surface area contributed by atoms with E-state index in [1.807, 2.05) is 72.6 Å². The van der Waals surface area contributed by atoms with Gasteiger partial charge in [0.25, 0.3) is 5.91 Å². The molecule has 1 fully saturated rings. The van der Waals surface area contributed by atoms with Crippen molar-refractivity contribution >= 4 is 22.6 Å². The minimum atomic E-state index is -0.216. The molecule has 0 N–H and O–H groups in total. The monoisotopic (exact) mass is 446 g/mol. The number of fused-ring (bicyclic) bond motifs is 1. The van der Waals surface area contributed by atoms with Gasteiger partial charge in [-0.15, -0.1) is 0 Å². The normalized spacial score (nSPS) is 15.8. The Morgan fingerprint density at radius 3 is 2.39 bits per heavy atom. The number of amides is 2. The first-order valence-electron chi connectivity index (χ1n) is 11.3. The Kier molecular flexibility index (Phi) is 6.82. The largest absolute Gasteiger partial charge is 0.496 e. The van der Waals surface area contributed by atoms with Gasteiger partial charge in [0.1, 0.15) is 11.5 Å². The van der Waals surface area contributed by atoms with Crippen LogP contribution in [0.15, 0.2) is 60.7 Å². The summed E-state index contributed by atoms with van der Waals surface area (Å²) < 4.78 is 10.9. The van der Waals surface area contributed by atoms with E-state index in [1.165, 1.54) is 0 Å². The molecule has 6 heteroatoms. The van der Waals surface area contributed by atoms with Gasteiger partial charge in [-0.05, 0) is 36.4 Å². The number of nitrogens with zero attached hydrogens (tertiary/aromatic N) is 2. The van der Waals surface area contributed by atoms with Crippen LogP contribution in [-0.2, 0) is 11.3 Å². The van der Waals surface area contributed by atoms with Crippen molar-refractivity contribution in [3.8, 4) is 11.5 Å². The van der Waals surface area contributed by atoms with Crippen LogP contribution in [0.3, 0.4) is 0 Å². The van der Waals surface area contributed by atoms with Crippen molar-refractivity contribution in [2.75, 3.05) is 34.4 Å². The van der Waals surface area contributed by atoms with Gasteiger partial charge in [0.05, 0.1) is 20.1 Å². The Morgan fingerprint density at radius 2 is 1.64 bits per heavy atom. The Labute approximate surface area is 194 Å². The SMILES string of the molecule is COc1ccccc1CN(C)C(=O)C1CCCN(C(=O)c2ccc(OC)c3ccccc23)C1. The van der Waals surface area contributed by atoms with Crippen molar-refractivity contribution in [3.63, 3.8) is 0 Å². The first-order valence-corrected chi connectivity index (χ1v) is 11.3. The van der Waals surface area contributed by atoms with Crippen LogP contribution in [0.1, 0.15) is 28.8 Å². The smallest absolute Gasteiger partial charge is 0.254 e. The number of likely N-dealkylation sites (tertiary alicyclic amines) is 1. The number of hydrogen-bond acceptors (Lipinski definition) is 4. The van der Waals surface area contributed by atoms with E-state index >= 15 is 0 Å². The molecule has 1 aliphatic heterocycles. The molecule has 0 aliphatic carbocycles. The Balaban J connectivity index is 1.50. The first-order chi connectivity index (χ1) is 16.0. The number of piperidine rings is 1. The molecular weight excluding hydrogens is 416 g/mol. The minimum Gasteiger partial charge on any atom is -0.496 e. The van der Waals surface area contributed by atoms with Gasteiger partial charge in [-0.25, -0.2) is 0 Å². The summed E-state index contributed by atoms with van der Waals surface area (Å²) in [6.45, 7) is 1.55. The summed E-state index contributed by atoms with van der Waals surface area (Å²) in [5, 5.41) is 1.77. The summed E-state index contributed by atoms with van der Waals surface area (Å²) in [5.74, 6) is 1.31. The molecule has 0 saturated carbocycles. The van der Waals surface area contributed by atoms with E-state index in [2.05, 4.69) is 0 Å². The number of methoxy groups -OCH3 is 2. The standard InChI is InChI=1S/C27H30N2O4/c1-28(17-19-9-4-7-13-24(19)32-2)26(30)20-10-8-16-29(18-20)27(31)23-14-15-25(33-3)22-12-6-5-11-21(22)23/h4-7,9,11-15,20H,8,10,16-18H2,1-3H3. The molecule has 33 heavy (non-hydrogen) atoms. The molecule has 1 aliphatic rings. The third-order valence-corrected chi connectivity index (χ3v) is 6.37. The van der Waals surface area contributed by atoms with Gasteiger partial charge in [-0.1, -0.05) is 42.5 Å². The molecule has 3 aromatic carbocycles. The van der Waals surface area contributed by atoms with E-state index in [1.54, 1.807) is 19.1 Å². The van der Waals surface area contributed by atoms with Gasteiger partial charge < -0.3 is 19.3 Å². The van der Waals surface area contributed by atoms with Crippen molar-refractivity contribution in [3.05, 3.63) is 71.8 Å². The first kappa shape index (κ1) is 22.6. The van der Waals surface area contributed by atoms with Gasteiger partial charge in [0.15, 0.2) is 0 Å². The lowest BCUT2D eigenvalue weighted by molar-refractivity contribution is -0.136. The molecular formula is C27H30N2O4. The fourth-order valence-corrected chi connectivity index (χ4v) is 4.65. The van der Waals surface area contributed by atoms with E-state index in [9.17, 15) is 9.59 Å². The van der Waals surface area contributed by atoms with E-state index in [0.717, 1.165) is 40.7 Å². The van der Waals surface area contributed by atoms with Gasteiger partial charge in [0.2, 0.25) is 5.91 Å². The fraction of sp³-hybridized carbons (Fsp3) is 0.333. The van der Waals surface area contributed by atoms with E-state index in [-0.39, 0.29) is 17.7 Å². The number of hydrogen-bond donors (Lipinski definition) is 0. The van der Waals surface area contributed by atoms with Gasteiger partial charge >= 0.3 is 0 Å². The molecule has 2 amide bonds. The zero-order chi connectivity index (χ0) is 23.4. The maximum absolute atomic E-state index is 13.5. The lowest BCUT2D eigenvalue weighted by Gasteiger charge is -2.34. The van der Waals surface area contributed by atoms with E-state index in [4.69, 9.17) is 9.47 Å². The van der Waals surface area contributed by atoms with Gasteiger partial charge in [-0.3, -0.25) is 9.59 Å². The van der Waals surface area contributed by atoms with Crippen LogP contribution in [0, 0.1) is 5.92 Å². The quantitative estimate of drug-likeness (QED) is 0.564. The molecule has 1 heterocycles. The van der Waals surface area contributed by atoms with Crippen LogP contribution < -0.4 is 9.47 Å². The predicted octanol–water partition coefficient (Wildman–Crippen LogP) is 4.37. The number of para-hydroxylation sites is 1. The molecule has 0 aromatic heterocycles. The highest BCUT2D eigenvalue weighted by Gasteiger charge is 2.31. The van der Waals surface area contributed by atoms with Crippen LogP contribution in [0.5, 0.6) is 11.5 Å². The number of benzene rings is 3. The average Bonchev–Trinajstić information content (AvgIpc) is 2.87. The lowest BCUT2D eigenvalue weighted by atomic mass is 9.95. The molecule has 0 bridgehead atoms. The van der Waals surface area contributed by atoms with Crippen LogP contribution in [0.2, 0.25) is 0 Å². The minimum absolute atomic E-state index is 0.0428. The molecule has 1 saturated heterocycles. The summed E-state index contributed by atoms with van der Waals surface area (Å²) in [6, 6.07) is 19.1. The molecule has 0 radical (unpaired) electrons. The third kappa shape index (κ3) is 4.65. The highest BCUT2D eigenvalue weighted by atomic mass is 16.5. The fourth-order valence-electron chi connectivity index (χ4n) is 4.65. The molecule has 0 spiro atoms. The highest BCUT2D eigenvalue weighted by molar-refractivity contribution is 6.08.